The van der Waals surface area contributed by atoms with Gasteiger partial charge in [-0.3, -0.25) is 86.4 Å². The van der Waals surface area contributed by atoms with E-state index in [0.717, 1.165) is 40.6 Å². The van der Waals surface area contributed by atoms with Crippen molar-refractivity contribution in [3.8, 4) is 0 Å². The monoisotopic (exact) mass is 1390 g/mol. The highest BCUT2D eigenvalue weighted by molar-refractivity contribution is 8.00. The van der Waals surface area contributed by atoms with Gasteiger partial charge >= 0.3 is 0 Å². The molecule has 0 radical (unpaired) electrons. The van der Waals surface area contributed by atoms with Gasteiger partial charge in [-0.1, -0.05) is 59.8 Å². The molecule has 1 aliphatic heterocycles. The molecular weight excluding hydrogens is 1290 g/mol. The van der Waals surface area contributed by atoms with Crippen molar-refractivity contribution >= 4 is 124 Å². The standard InChI is InChI=1S/C64H105N13O17S2/c1-6-43(79)23-12-10-14-25-45(72-53(83)8-3)51(81)36-42(59(65)89)22-16-19-33-69-56(86)40-96-38-50(71-41(5)78)64(94)75-48(27-15-11-13-24-44(80)31-35-77-57(87)29-30-58(77)88)63(93)76-49(61(67)91)37-95-39-55(85)70-34-20-17-26-46(60(66)90)74-62(92)47(73-54(84)9-4)28-18-21-32-68-52(82)7-2/h29-30,42,45-50H,6-28,31-40H2,1-5H3,(H2,65,89)(H2,66,90)(H2,67,91)(H,68,82)(H,69,86)(H,70,85)(H,71,78)(H,72,83)(H,73,84)(H,74,92)(H,75,94)(H,76,93). The number of carbonyl (C=O) groups excluding carboxylic acids is 17. The third-order valence-corrected chi connectivity index (χ3v) is 17.5. The largest absolute Gasteiger partial charge is 0.369 e. The number of primary amides is 3. The van der Waals surface area contributed by atoms with Gasteiger partial charge in [0, 0.05) is 114 Å². The summed E-state index contributed by atoms with van der Waals surface area (Å²) < 4.78 is 0. The van der Waals surface area contributed by atoms with Gasteiger partial charge in [0.15, 0.2) is 5.78 Å². The number of hydrogen-bond donors (Lipinski definition) is 12. The van der Waals surface area contributed by atoms with Gasteiger partial charge < -0.3 is 65.1 Å². The molecule has 0 spiro atoms. The van der Waals surface area contributed by atoms with E-state index in [2.05, 4.69) is 47.9 Å². The SMILES string of the molecule is CCC(=O)CCCCCC(NC(=O)CC)C(=O)CC(CCCCNC(=O)CSCC(NC(C)=O)C(=O)NC(CCCCCC(=O)CCN1C(=O)C=CC1=O)C(=O)NC(CSCC(=O)NCCCCC(NC(=O)C(CCCCNC(=O)CC)NC(=O)CC)C(N)=O)C(N)=O)C(N)=O. The number of amides is 14. The van der Waals surface area contributed by atoms with E-state index in [1.54, 1.807) is 27.7 Å². The number of Topliss-reactive ketones (excluding diaryl/α,β-unsaturated/α-hetero) is 3. The maximum atomic E-state index is 14.0. The van der Waals surface area contributed by atoms with Gasteiger partial charge in [0.25, 0.3) is 11.8 Å². The lowest BCUT2D eigenvalue weighted by Gasteiger charge is -2.24. The number of hydrogen-bond acceptors (Lipinski definition) is 19. The third kappa shape index (κ3) is 39.3. The fourth-order valence-corrected chi connectivity index (χ4v) is 11.5. The summed E-state index contributed by atoms with van der Waals surface area (Å²) in [5.74, 6) is -9.80. The summed E-state index contributed by atoms with van der Waals surface area (Å²) in [4.78, 5) is 215. The van der Waals surface area contributed by atoms with Crippen molar-refractivity contribution in [1.29, 1.82) is 0 Å². The lowest BCUT2D eigenvalue weighted by Crippen LogP contribution is -2.57. The molecule has 0 saturated heterocycles. The molecular formula is C64H105N13O17S2. The van der Waals surface area contributed by atoms with Gasteiger partial charge in [0.05, 0.1) is 17.5 Å². The normalized spacial score (nSPS) is 13.9. The van der Waals surface area contributed by atoms with Crippen molar-refractivity contribution in [3.05, 3.63) is 12.2 Å². The van der Waals surface area contributed by atoms with Crippen LogP contribution in [0.5, 0.6) is 0 Å². The molecule has 0 saturated carbocycles. The van der Waals surface area contributed by atoms with E-state index >= 15 is 0 Å². The number of nitrogens with two attached hydrogens (primary N) is 3. The number of unbranched alkanes of at least 4 members (excludes halogenated alkanes) is 7. The molecule has 15 N–H and O–H groups in total. The Morgan fingerprint density at radius 1 is 0.406 bits per heavy atom. The third-order valence-electron chi connectivity index (χ3n) is 15.5. The molecule has 32 heteroatoms. The van der Waals surface area contributed by atoms with Crippen molar-refractivity contribution in [1.82, 2.24) is 52.8 Å². The first-order valence-corrected chi connectivity index (χ1v) is 35.7. The number of imide groups is 1. The lowest BCUT2D eigenvalue weighted by molar-refractivity contribution is -0.137. The topological polar surface area (TPSA) is 480 Å². The van der Waals surface area contributed by atoms with Crippen molar-refractivity contribution in [2.75, 3.05) is 49.2 Å². The van der Waals surface area contributed by atoms with Crippen molar-refractivity contribution < 1.29 is 81.5 Å². The average molecular weight is 1390 g/mol. The Morgan fingerprint density at radius 2 is 0.812 bits per heavy atom. The molecule has 0 aromatic heterocycles. The highest BCUT2D eigenvalue weighted by atomic mass is 32.2. The molecule has 7 unspecified atom stereocenters. The number of nitrogens with zero attached hydrogens (tertiary/aromatic N) is 1. The van der Waals surface area contributed by atoms with Crippen molar-refractivity contribution in [3.63, 3.8) is 0 Å². The average Bonchev–Trinajstić information content (AvgIpc) is 1.46. The van der Waals surface area contributed by atoms with Crippen LogP contribution in [0, 0.1) is 5.92 Å². The zero-order valence-corrected chi connectivity index (χ0v) is 58.1. The fraction of sp³-hybridized carbons (Fsp3) is 0.703. The van der Waals surface area contributed by atoms with Crippen LogP contribution < -0.4 is 65.1 Å². The second kappa shape index (κ2) is 50.6. The minimum Gasteiger partial charge on any atom is -0.369 e. The second-order valence-corrected chi connectivity index (χ2v) is 25.5. The molecule has 1 rings (SSSR count). The summed E-state index contributed by atoms with van der Waals surface area (Å²) in [6, 6.07) is -6.76. The van der Waals surface area contributed by atoms with Gasteiger partial charge in [-0.25, -0.2) is 0 Å². The Labute approximate surface area is 571 Å². The van der Waals surface area contributed by atoms with Crippen LogP contribution in [-0.2, 0) is 81.5 Å². The fourth-order valence-electron chi connectivity index (χ4n) is 9.70. The zero-order chi connectivity index (χ0) is 72.0. The van der Waals surface area contributed by atoms with Gasteiger partial charge in [0.2, 0.25) is 70.9 Å². The highest BCUT2D eigenvalue weighted by Crippen LogP contribution is 2.18. The zero-order valence-electron chi connectivity index (χ0n) is 56.5. The second-order valence-electron chi connectivity index (χ2n) is 23.4. The molecule has 0 bridgehead atoms. The first kappa shape index (κ1) is 86.2. The first-order valence-electron chi connectivity index (χ1n) is 33.4. The maximum absolute atomic E-state index is 14.0. The molecule has 1 heterocycles. The summed E-state index contributed by atoms with van der Waals surface area (Å²) in [5.41, 5.74) is 17.0. The smallest absolute Gasteiger partial charge is 0.253 e. The van der Waals surface area contributed by atoms with Crippen LogP contribution in [0.2, 0.25) is 0 Å². The molecule has 0 fully saturated rings. The molecule has 96 heavy (non-hydrogen) atoms. The summed E-state index contributed by atoms with van der Waals surface area (Å²) in [6.07, 6.45) is 10.1. The van der Waals surface area contributed by atoms with Crippen LogP contribution in [0.25, 0.3) is 0 Å². The summed E-state index contributed by atoms with van der Waals surface area (Å²) in [5, 5.41) is 23.9. The van der Waals surface area contributed by atoms with E-state index in [-0.39, 0.29) is 142 Å². The number of carbonyl (C=O) groups is 17. The lowest BCUT2D eigenvalue weighted by atomic mass is 9.91. The van der Waals surface area contributed by atoms with E-state index in [4.69, 9.17) is 17.2 Å². The van der Waals surface area contributed by atoms with Crippen LogP contribution in [0.4, 0.5) is 0 Å². The number of rotatable bonds is 57. The predicted octanol–water partition coefficient (Wildman–Crippen LogP) is 0.267. The summed E-state index contributed by atoms with van der Waals surface area (Å²) >= 11 is 1.97. The quantitative estimate of drug-likeness (QED) is 0.0287. The Hall–Kier alpha value is -7.77. The Bertz CT molecular complexity index is 2650. The summed E-state index contributed by atoms with van der Waals surface area (Å²) in [6.45, 7) is 8.64. The van der Waals surface area contributed by atoms with Crippen LogP contribution in [0.1, 0.15) is 195 Å². The number of thioether (sulfide) groups is 2. The predicted molar refractivity (Wildman–Crippen MR) is 361 cm³/mol. The Balaban J connectivity index is 2.94. The van der Waals surface area contributed by atoms with Gasteiger partial charge in [0.1, 0.15) is 41.8 Å². The van der Waals surface area contributed by atoms with Gasteiger partial charge in [-0.15, -0.1) is 23.5 Å². The van der Waals surface area contributed by atoms with Gasteiger partial charge in [-0.2, -0.15) is 0 Å². The van der Waals surface area contributed by atoms with Crippen LogP contribution in [-0.4, -0.2) is 190 Å². The minimum atomic E-state index is -1.34. The van der Waals surface area contributed by atoms with Crippen LogP contribution in [0.15, 0.2) is 12.2 Å². The van der Waals surface area contributed by atoms with Crippen molar-refractivity contribution in [2.24, 2.45) is 23.1 Å². The highest BCUT2D eigenvalue weighted by Gasteiger charge is 2.31. The van der Waals surface area contributed by atoms with E-state index in [9.17, 15) is 81.5 Å². The molecule has 30 nitrogen and oxygen atoms in total. The van der Waals surface area contributed by atoms with Crippen LogP contribution >= 0.6 is 23.5 Å². The number of ketones is 3. The van der Waals surface area contributed by atoms with Crippen molar-refractivity contribution in [2.45, 2.75) is 231 Å². The molecule has 0 aromatic carbocycles. The van der Waals surface area contributed by atoms with Gasteiger partial charge in [-0.05, 0) is 77.0 Å². The molecule has 540 valence electrons. The Morgan fingerprint density at radius 3 is 1.29 bits per heavy atom. The van der Waals surface area contributed by atoms with Crippen LogP contribution in [0.3, 0.4) is 0 Å². The minimum absolute atomic E-state index is 0.0255. The molecule has 7 atom stereocenters. The molecule has 1 aliphatic rings. The number of nitrogens with one attached hydrogen (secondary N) is 9. The first-order chi connectivity index (χ1) is 45.6. The van der Waals surface area contributed by atoms with E-state index in [1.165, 1.54) is 6.92 Å². The molecule has 14 amide bonds. The molecule has 0 aliphatic carbocycles. The van der Waals surface area contributed by atoms with E-state index < -0.39 is 107 Å². The molecule has 0 aromatic rings. The summed E-state index contributed by atoms with van der Waals surface area (Å²) in [7, 11) is 0. The van der Waals surface area contributed by atoms with E-state index in [1.807, 2.05) is 0 Å². The maximum Gasteiger partial charge on any atom is 0.253 e. The Kier molecular flexibility index (Phi) is 45.4. The van der Waals surface area contributed by atoms with E-state index in [0.29, 0.717) is 103 Å².